The van der Waals surface area contributed by atoms with E-state index in [2.05, 4.69) is 4.98 Å². The molecule has 1 aromatic carbocycles. The van der Waals surface area contributed by atoms with E-state index in [0.717, 1.165) is 17.7 Å². The summed E-state index contributed by atoms with van der Waals surface area (Å²) in [6.07, 6.45) is 3.59. The highest BCUT2D eigenvalue weighted by Crippen LogP contribution is 2.27. The Morgan fingerprint density at radius 2 is 1.83 bits per heavy atom. The number of carbonyl (C=O) groups excluding carboxylic acids is 1. The molecule has 1 aliphatic heterocycles. The molecule has 0 saturated carbocycles. The summed E-state index contributed by atoms with van der Waals surface area (Å²) in [5.41, 5.74) is 6.26. The van der Waals surface area contributed by atoms with E-state index in [0.29, 0.717) is 26.2 Å². The van der Waals surface area contributed by atoms with Crippen molar-refractivity contribution >= 4 is 17.3 Å². The van der Waals surface area contributed by atoms with Crippen LogP contribution in [-0.4, -0.2) is 42.0 Å². The molecular formula is C17H18F2N4O. The molecule has 2 heterocycles. The van der Waals surface area contributed by atoms with Gasteiger partial charge in [-0.25, -0.2) is 8.78 Å². The van der Waals surface area contributed by atoms with Crippen molar-refractivity contribution in [3.8, 4) is 0 Å². The number of nitrogens with zero attached hydrogens (tertiary/aromatic N) is 3. The number of amides is 1. The van der Waals surface area contributed by atoms with Crippen LogP contribution in [0, 0.1) is 11.6 Å². The summed E-state index contributed by atoms with van der Waals surface area (Å²) in [6.45, 7) is 1.58. The van der Waals surface area contributed by atoms with E-state index in [4.69, 9.17) is 5.73 Å². The third kappa shape index (κ3) is 3.45. The summed E-state index contributed by atoms with van der Waals surface area (Å²) in [5.74, 6) is -1.37. The summed E-state index contributed by atoms with van der Waals surface area (Å²) >= 11 is 0. The molecular weight excluding hydrogens is 314 g/mol. The average molecular weight is 332 g/mol. The van der Waals surface area contributed by atoms with Crippen LogP contribution in [0.5, 0.6) is 0 Å². The molecule has 5 nitrogen and oxygen atoms in total. The fourth-order valence-corrected chi connectivity index (χ4v) is 2.86. The van der Waals surface area contributed by atoms with Crippen molar-refractivity contribution in [1.29, 1.82) is 0 Å². The first kappa shape index (κ1) is 16.2. The number of benzene rings is 1. The lowest BCUT2D eigenvalue weighted by molar-refractivity contribution is -0.130. The Hall–Kier alpha value is -2.70. The molecule has 1 amide bonds. The van der Waals surface area contributed by atoms with Crippen molar-refractivity contribution in [2.45, 2.75) is 6.42 Å². The fraction of sp³-hybridized carbons (Fsp3) is 0.294. The smallest absolute Gasteiger partial charge is 0.227 e. The molecule has 1 fully saturated rings. The van der Waals surface area contributed by atoms with E-state index in [1.54, 1.807) is 28.3 Å². The van der Waals surface area contributed by atoms with Gasteiger partial charge in [0.15, 0.2) is 11.6 Å². The minimum absolute atomic E-state index is 0.0131. The SMILES string of the molecule is Nc1cc(F)c(N2CCN(C(=O)Cc3cccnc3)CC2)c(F)c1. The Morgan fingerprint density at radius 3 is 2.42 bits per heavy atom. The molecule has 0 spiro atoms. The third-order valence-corrected chi connectivity index (χ3v) is 4.07. The lowest BCUT2D eigenvalue weighted by atomic mass is 10.1. The second-order valence-electron chi connectivity index (χ2n) is 5.74. The van der Waals surface area contributed by atoms with E-state index >= 15 is 0 Å². The number of aromatic nitrogens is 1. The molecule has 2 aromatic rings. The normalized spacial score (nSPS) is 14.8. The molecule has 0 atom stereocenters. The van der Waals surface area contributed by atoms with Crippen molar-refractivity contribution in [2.75, 3.05) is 36.8 Å². The zero-order valence-electron chi connectivity index (χ0n) is 13.1. The van der Waals surface area contributed by atoms with Gasteiger partial charge < -0.3 is 15.5 Å². The maximum atomic E-state index is 14.0. The molecule has 24 heavy (non-hydrogen) atoms. The van der Waals surface area contributed by atoms with Crippen molar-refractivity contribution in [3.63, 3.8) is 0 Å². The zero-order valence-corrected chi connectivity index (χ0v) is 13.1. The van der Waals surface area contributed by atoms with Gasteiger partial charge in [0.1, 0.15) is 5.69 Å². The summed E-state index contributed by atoms with van der Waals surface area (Å²) in [6, 6.07) is 5.85. The van der Waals surface area contributed by atoms with Gasteiger partial charge in [0.05, 0.1) is 6.42 Å². The zero-order chi connectivity index (χ0) is 17.1. The number of pyridine rings is 1. The topological polar surface area (TPSA) is 62.5 Å². The second-order valence-corrected chi connectivity index (χ2v) is 5.74. The Bertz CT molecular complexity index is 708. The van der Waals surface area contributed by atoms with E-state index in [1.165, 1.54) is 0 Å². The highest BCUT2D eigenvalue weighted by Gasteiger charge is 2.25. The standard InChI is InChI=1S/C17H18F2N4O/c18-14-9-13(20)10-15(19)17(14)23-6-4-22(5-7-23)16(24)8-12-2-1-3-21-11-12/h1-3,9-11H,4-8,20H2. The first-order chi connectivity index (χ1) is 11.5. The van der Waals surface area contributed by atoms with Gasteiger partial charge in [0.25, 0.3) is 0 Å². The number of hydrogen-bond donors (Lipinski definition) is 1. The molecule has 0 unspecified atom stereocenters. The predicted octanol–water partition coefficient (Wildman–Crippen LogP) is 1.83. The third-order valence-electron chi connectivity index (χ3n) is 4.07. The molecule has 0 bridgehead atoms. The first-order valence-corrected chi connectivity index (χ1v) is 7.71. The number of hydrogen-bond acceptors (Lipinski definition) is 4. The fourth-order valence-electron chi connectivity index (χ4n) is 2.86. The Morgan fingerprint density at radius 1 is 1.17 bits per heavy atom. The van der Waals surface area contributed by atoms with Crippen LogP contribution in [0.4, 0.5) is 20.2 Å². The number of halogens is 2. The maximum Gasteiger partial charge on any atom is 0.227 e. The van der Waals surface area contributed by atoms with E-state index < -0.39 is 11.6 Å². The van der Waals surface area contributed by atoms with Crippen LogP contribution < -0.4 is 10.6 Å². The summed E-state index contributed by atoms with van der Waals surface area (Å²) in [5, 5.41) is 0. The largest absolute Gasteiger partial charge is 0.399 e. The average Bonchev–Trinajstić information content (AvgIpc) is 2.55. The maximum absolute atomic E-state index is 14.0. The molecule has 1 saturated heterocycles. The van der Waals surface area contributed by atoms with Crippen molar-refractivity contribution in [1.82, 2.24) is 9.88 Å². The van der Waals surface area contributed by atoms with Gasteiger partial charge in [0, 0.05) is 44.3 Å². The molecule has 2 N–H and O–H groups in total. The van der Waals surface area contributed by atoms with Crippen molar-refractivity contribution < 1.29 is 13.6 Å². The molecule has 7 heteroatoms. The van der Waals surface area contributed by atoms with Crippen LogP contribution in [0.3, 0.4) is 0 Å². The number of nitrogens with two attached hydrogens (primary N) is 1. The number of carbonyl (C=O) groups is 1. The van der Waals surface area contributed by atoms with E-state index in [1.807, 2.05) is 6.07 Å². The number of anilines is 2. The van der Waals surface area contributed by atoms with Crippen molar-refractivity contribution in [3.05, 3.63) is 53.9 Å². The number of piperazine rings is 1. The highest BCUT2D eigenvalue weighted by atomic mass is 19.1. The van der Waals surface area contributed by atoms with Gasteiger partial charge in [-0.2, -0.15) is 0 Å². The lowest BCUT2D eigenvalue weighted by Crippen LogP contribution is -2.49. The molecule has 0 aliphatic carbocycles. The Labute approximate surface area is 138 Å². The van der Waals surface area contributed by atoms with Gasteiger partial charge in [-0.15, -0.1) is 0 Å². The van der Waals surface area contributed by atoms with Gasteiger partial charge in [-0.3, -0.25) is 9.78 Å². The monoisotopic (exact) mass is 332 g/mol. The van der Waals surface area contributed by atoms with Crippen LogP contribution in [0.1, 0.15) is 5.56 Å². The lowest BCUT2D eigenvalue weighted by Gasteiger charge is -2.36. The van der Waals surface area contributed by atoms with E-state index in [-0.39, 0.29) is 23.7 Å². The van der Waals surface area contributed by atoms with Crippen LogP contribution in [0.15, 0.2) is 36.7 Å². The van der Waals surface area contributed by atoms with Crippen LogP contribution in [-0.2, 0) is 11.2 Å². The molecule has 126 valence electrons. The molecule has 3 rings (SSSR count). The van der Waals surface area contributed by atoms with Gasteiger partial charge >= 0.3 is 0 Å². The quantitative estimate of drug-likeness (QED) is 0.871. The summed E-state index contributed by atoms with van der Waals surface area (Å²) in [7, 11) is 0. The second kappa shape index (κ2) is 6.82. The van der Waals surface area contributed by atoms with Crippen LogP contribution >= 0.6 is 0 Å². The Balaban J connectivity index is 1.63. The number of nitrogen functional groups attached to an aromatic ring is 1. The van der Waals surface area contributed by atoms with Gasteiger partial charge in [-0.05, 0) is 23.8 Å². The number of rotatable bonds is 3. The Kier molecular flexibility index (Phi) is 4.59. The minimum Gasteiger partial charge on any atom is -0.399 e. The van der Waals surface area contributed by atoms with E-state index in [9.17, 15) is 13.6 Å². The summed E-state index contributed by atoms with van der Waals surface area (Å²) < 4.78 is 28.0. The highest BCUT2D eigenvalue weighted by molar-refractivity contribution is 5.79. The van der Waals surface area contributed by atoms with Crippen molar-refractivity contribution in [2.24, 2.45) is 0 Å². The molecule has 0 radical (unpaired) electrons. The molecule has 1 aromatic heterocycles. The molecule has 1 aliphatic rings. The summed E-state index contributed by atoms with van der Waals surface area (Å²) in [4.78, 5) is 19.6. The van der Waals surface area contributed by atoms with Gasteiger partial charge in [0.2, 0.25) is 5.91 Å². The van der Waals surface area contributed by atoms with Gasteiger partial charge in [-0.1, -0.05) is 6.07 Å². The minimum atomic E-state index is -0.678. The first-order valence-electron chi connectivity index (χ1n) is 7.71. The predicted molar refractivity (Wildman–Crippen MR) is 87.5 cm³/mol. The van der Waals surface area contributed by atoms with Crippen LogP contribution in [0.2, 0.25) is 0 Å². The van der Waals surface area contributed by atoms with Crippen LogP contribution in [0.25, 0.3) is 0 Å².